The highest BCUT2D eigenvalue weighted by atomic mass is 16.1. The number of para-hydroxylation sites is 1. The summed E-state index contributed by atoms with van der Waals surface area (Å²) in [5.41, 5.74) is 2.51. The molecular weight excluding hydrogens is 302 g/mol. The average molecular weight is 317 g/mol. The Kier molecular flexibility index (Phi) is 3.63. The molecule has 0 amide bonds. The van der Waals surface area contributed by atoms with Crippen LogP contribution in [0.4, 0.5) is 0 Å². The van der Waals surface area contributed by atoms with Gasteiger partial charge in [-0.2, -0.15) is 0 Å². The molecule has 118 valence electrons. The van der Waals surface area contributed by atoms with Gasteiger partial charge in [0.1, 0.15) is 5.69 Å². The Hall–Kier alpha value is -3.28. The lowest BCUT2D eigenvalue weighted by Gasteiger charge is -2.04. The summed E-state index contributed by atoms with van der Waals surface area (Å²) in [4.78, 5) is 16.8. The first-order chi connectivity index (χ1) is 11.8. The quantitative estimate of drug-likeness (QED) is 0.578. The number of hydrogen-bond acceptors (Lipinski definition) is 4. The molecular formula is C18H15N5O. The summed E-state index contributed by atoms with van der Waals surface area (Å²) in [6.07, 6.45) is 3.41. The Morgan fingerprint density at radius 1 is 0.917 bits per heavy atom. The molecule has 4 rings (SSSR count). The molecule has 0 radical (unpaired) electrons. The van der Waals surface area contributed by atoms with E-state index in [9.17, 15) is 4.79 Å². The third-order valence-corrected chi connectivity index (χ3v) is 3.84. The second-order valence-corrected chi connectivity index (χ2v) is 5.59. The van der Waals surface area contributed by atoms with Crippen LogP contribution in [0.25, 0.3) is 10.9 Å². The van der Waals surface area contributed by atoms with Crippen molar-refractivity contribution in [1.29, 1.82) is 0 Å². The number of hydrogen-bond donors (Lipinski definition) is 0. The molecule has 0 fully saturated rings. The lowest BCUT2D eigenvalue weighted by atomic mass is 10.2. The van der Waals surface area contributed by atoms with E-state index in [1.165, 1.54) is 0 Å². The van der Waals surface area contributed by atoms with Crippen LogP contribution in [0.3, 0.4) is 0 Å². The van der Waals surface area contributed by atoms with Crippen molar-refractivity contribution >= 4 is 10.9 Å². The SMILES string of the molecule is O=c1c2ccccc2ncn1Cc1cn(Cc2ccccc2)nn1. The zero-order valence-electron chi connectivity index (χ0n) is 12.9. The molecule has 6 nitrogen and oxygen atoms in total. The van der Waals surface area contributed by atoms with Gasteiger partial charge >= 0.3 is 0 Å². The van der Waals surface area contributed by atoms with Gasteiger partial charge in [0.15, 0.2) is 0 Å². The van der Waals surface area contributed by atoms with Crippen LogP contribution in [0.1, 0.15) is 11.3 Å². The molecule has 0 N–H and O–H groups in total. The minimum absolute atomic E-state index is 0.0711. The fraction of sp³-hybridized carbons (Fsp3) is 0.111. The van der Waals surface area contributed by atoms with E-state index >= 15 is 0 Å². The molecule has 0 aliphatic rings. The van der Waals surface area contributed by atoms with E-state index < -0.39 is 0 Å². The van der Waals surface area contributed by atoms with Crippen molar-refractivity contribution in [2.24, 2.45) is 0 Å². The van der Waals surface area contributed by atoms with Crippen LogP contribution in [0.5, 0.6) is 0 Å². The average Bonchev–Trinajstić information content (AvgIpc) is 3.05. The van der Waals surface area contributed by atoms with Gasteiger partial charge in [0.05, 0.1) is 36.5 Å². The van der Waals surface area contributed by atoms with Gasteiger partial charge in [0.25, 0.3) is 5.56 Å². The van der Waals surface area contributed by atoms with Crippen LogP contribution < -0.4 is 5.56 Å². The van der Waals surface area contributed by atoms with Gasteiger partial charge in [0, 0.05) is 0 Å². The van der Waals surface area contributed by atoms with Gasteiger partial charge in [0.2, 0.25) is 0 Å². The van der Waals surface area contributed by atoms with Crippen molar-refractivity contribution in [3.63, 3.8) is 0 Å². The minimum atomic E-state index is -0.0711. The smallest absolute Gasteiger partial charge is 0.261 e. The van der Waals surface area contributed by atoms with Crippen molar-refractivity contribution in [2.45, 2.75) is 13.1 Å². The first-order valence-electron chi connectivity index (χ1n) is 7.67. The molecule has 0 unspecified atom stereocenters. The topological polar surface area (TPSA) is 65.6 Å². The van der Waals surface area contributed by atoms with Crippen LogP contribution in [-0.2, 0) is 13.1 Å². The number of benzene rings is 2. The van der Waals surface area contributed by atoms with Crippen LogP contribution in [0, 0.1) is 0 Å². The second-order valence-electron chi connectivity index (χ2n) is 5.59. The van der Waals surface area contributed by atoms with Gasteiger partial charge in [-0.05, 0) is 17.7 Å². The summed E-state index contributed by atoms with van der Waals surface area (Å²) in [5.74, 6) is 0. The Bertz CT molecular complexity index is 1040. The molecule has 6 heteroatoms. The molecule has 0 saturated heterocycles. The number of fused-ring (bicyclic) bond motifs is 1. The summed E-state index contributed by atoms with van der Waals surface area (Å²) < 4.78 is 3.32. The van der Waals surface area contributed by atoms with Crippen molar-refractivity contribution in [2.75, 3.05) is 0 Å². The maximum Gasteiger partial charge on any atom is 0.261 e. The maximum atomic E-state index is 12.5. The predicted octanol–water partition coefficient (Wildman–Crippen LogP) is 2.08. The first-order valence-corrected chi connectivity index (χ1v) is 7.67. The number of nitrogens with zero attached hydrogens (tertiary/aromatic N) is 5. The fourth-order valence-electron chi connectivity index (χ4n) is 2.65. The molecule has 0 aliphatic heterocycles. The van der Waals surface area contributed by atoms with Crippen molar-refractivity contribution in [3.05, 3.63) is 88.7 Å². The van der Waals surface area contributed by atoms with Gasteiger partial charge < -0.3 is 0 Å². The Balaban J connectivity index is 1.58. The third-order valence-electron chi connectivity index (χ3n) is 3.84. The summed E-state index contributed by atoms with van der Waals surface area (Å²) in [7, 11) is 0. The molecule has 2 aromatic carbocycles. The zero-order chi connectivity index (χ0) is 16.4. The van der Waals surface area contributed by atoms with Crippen LogP contribution in [0.2, 0.25) is 0 Å². The monoisotopic (exact) mass is 317 g/mol. The molecule has 0 bridgehead atoms. The third kappa shape index (κ3) is 2.81. The van der Waals surface area contributed by atoms with Crippen molar-refractivity contribution in [1.82, 2.24) is 24.5 Å². The molecule has 0 spiro atoms. The standard InChI is InChI=1S/C18H15N5O/c24-18-16-8-4-5-9-17(16)19-13-22(18)11-15-12-23(21-20-15)10-14-6-2-1-3-7-14/h1-9,12-13H,10-11H2. The van der Waals surface area contributed by atoms with E-state index in [-0.39, 0.29) is 5.56 Å². The highest BCUT2D eigenvalue weighted by molar-refractivity contribution is 5.76. The lowest BCUT2D eigenvalue weighted by molar-refractivity contribution is 0.648. The van der Waals surface area contributed by atoms with E-state index in [4.69, 9.17) is 0 Å². The number of rotatable bonds is 4. The summed E-state index contributed by atoms with van der Waals surface area (Å²) in [5, 5.41) is 8.89. The number of aromatic nitrogens is 5. The maximum absolute atomic E-state index is 12.5. The van der Waals surface area contributed by atoms with Crippen LogP contribution in [0.15, 0.2) is 71.9 Å². The van der Waals surface area contributed by atoms with E-state index in [0.29, 0.717) is 24.0 Å². The molecule has 24 heavy (non-hydrogen) atoms. The van der Waals surface area contributed by atoms with Crippen molar-refractivity contribution < 1.29 is 0 Å². The molecule has 2 heterocycles. The first kappa shape index (κ1) is 14.3. The Morgan fingerprint density at radius 2 is 1.71 bits per heavy atom. The van der Waals surface area contributed by atoms with Gasteiger partial charge in [-0.1, -0.05) is 47.7 Å². The Labute approximate surface area is 138 Å². The normalized spacial score (nSPS) is 11.0. The fourth-order valence-corrected chi connectivity index (χ4v) is 2.65. The van der Waals surface area contributed by atoms with E-state index in [1.807, 2.05) is 54.7 Å². The predicted molar refractivity (Wildman–Crippen MR) is 90.7 cm³/mol. The van der Waals surface area contributed by atoms with E-state index in [1.54, 1.807) is 21.6 Å². The molecule has 0 atom stereocenters. The highest BCUT2D eigenvalue weighted by Crippen LogP contribution is 2.06. The van der Waals surface area contributed by atoms with Crippen LogP contribution in [-0.4, -0.2) is 24.5 Å². The minimum Gasteiger partial charge on any atom is -0.293 e. The second kappa shape index (κ2) is 6.08. The molecule has 0 saturated carbocycles. The summed E-state index contributed by atoms with van der Waals surface area (Å²) in [6.45, 7) is 1.00. The lowest BCUT2D eigenvalue weighted by Crippen LogP contribution is -2.21. The molecule has 4 aromatic rings. The van der Waals surface area contributed by atoms with E-state index in [2.05, 4.69) is 15.3 Å². The zero-order valence-corrected chi connectivity index (χ0v) is 12.9. The Morgan fingerprint density at radius 3 is 2.58 bits per heavy atom. The van der Waals surface area contributed by atoms with Gasteiger partial charge in [-0.25, -0.2) is 9.67 Å². The largest absolute Gasteiger partial charge is 0.293 e. The van der Waals surface area contributed by atoms with Gasteiger partial charge in [-0.15, -0.1) is 5.10 Å². The molecule has 2 aromatic heterocycles. The summed E-state index contributed by atoms with van der Waals surface area (Å²) in [6, 6.07) is 17.4. The van der Waals surface area contributed by atoms with Gasteiger partial charge in [-0.3, -0.25) is 9.36 Å². The van der Waals surface area contributed by atoms with Crippen molar-refractivity contribution in [3.8, 4) is 0 Å². The van der Waals surface area contributed by atoms with E-state index in [0.717, 1.165) is 11.3 Å². The molecule has 0 aliphatic carbocycles. The summed E-state index contributed by atoms with van der Waals surface area (Å²) >= 11 is 0. The highest BCUT2D eigenvalue weighted by Gasteiger charge is 2.07. The van der Waals surface area contributed by atoms with Crippen LogP contribution >= 0.6 is 0 Å².